The molecule has 0 atom stereocenters. The summed E-state index contributed by atoms with van der Waals surface area (Å²) < 4.78 is 2.21. The van der Waals surface area contributed by atoms with Gasteiger partial charge in [-0.15, -0.1) is 0 Å². The lowest BCUT2D eigenvalue weighted by Crippen LogP contribution is -2.34. The maximum Gasteiger partial charge on any atom is 0.247 e. The fourth-order valence-electron chi connectivity index (χ4n) is 4.20. The fourth-order valence-corrected chi connectivity index (χ4v) is 4.20. The zero-order valence-electron chi connectivity index (χ0n) is 19.5. The number of aliphatic hydroxyl groups excluding tert-OH is 1. The molecule has 0 bridgehead atoms. The number of rotatable bonds is 20. The van der Waals surface area contributed by atoms with Crippen LogP contribution in [0.4, 0.5) is 0 Å². The van der Waals surface area contributed by atoms with Crippen molar-refractivity contribution in [1.29, 1.82) is 0 Å². The number of hydrogen-bond donors (Lipinski definition) is 1. The topological polar surface area (TPSA) is 66.6 Å². The van der Waals surface area contributed by atoms with Gasteiger partial charge >= 0.3 is 0 Å². The van der Waals surface area contributed by atoms with E-state index in [0.29, 0.717) is 13.1 Å². The van der Waals surface area contributed by atoms with Crippen molar-refractivity contribution >= 4 is 11.8 Å². The van der Waals surface area contributed by atoms with Crippen LogP contribution >= 0.6 is 0 Å². The minimum Gasteiger partial charge on any atom is -0.550 e. The zero-order valence-corrected chi connectivity index (χ0v) is 19.5. The number of β-amino-alcohol motifs (C(OH)–C–C–N with tert-alkyl or cyclic N) is 1. The largest absolute Gasteiger partial charge is 0.550 e. The number of nitrogens with zero attached hydrogens (tertiary/aromatic N) is 2. The molecule has 1 heterocycles. The lowest BCUT2D eigenvalue weighted by atomic mass is 10.1. The number of amidine groups is 1. The van der Waals surface area contributed by atoms with E-state index >= 15 is 0 Å². The highest BCUT2D eigenvalue weighted by Gasteiger charge is 2.28. The molecule has 174 valence electrons. The number of aliphatic hydroxyl groups is 1. The summed E-state index contributed by atoms with van der Waals surface area (Å²) in [6.45, 7) is 5.31. The van der Waals surface area contributed by atoms with Gasteiger partial charge in [-0.2, -0.15) is 0 Å². The van der Waals surface area contributed by atoms with Gasteiger partial charge in [0.1, 0.15) is 19.6 Å². The summed E-state index contributed by atoms with van der Waals surface area (Å²) >= 11 is 0. The normalized spacial score (nSPS) is 14.4. The molecule has 30 heavy (non-hydrogen) atoms. The van der Waals surface area contributed by atoms with Crippen LogP contribution in [0.2, 0.25) is 0 Å². The number of hydrogen-bond acceptors (Lipinski definition) is 4. The molecule has 0 aliphatic carbocycles. The molecule has 0 aromatic rings. The van der Waals surface area contributed by atoms with E-state index in [0.717, 1.165) is 25.9 Å². The molecule has 1 N–H and O–H groups in total. The lowest BCUT2D eigenvalue weighted by Gasteiger charge is -2.14. The number of carbonyl (C=O) groups excluding carboxylic acids is 1. The summed E-state index contributed by atoms with van der Waals surface area (Å²) in [6, 6.07) is 0. The first-order chi connectivity index (χ1) is 14.7. The van der Waals surface area contributed by atoms with Gasteiger partial charge in [-0.1, -0.05) is 70.4 Å². The predicted octanol–water partition coefficient (Wildman–Crippen LogP) is 3.88. The SMILES string of the molecule is CCCCCCCC/C=C\CCCCCCCC1=[N+](CCO)CCN1CCC(=O)[O-]. The average Bonchev–Trinajstić information content (AvgIpc) is 3.11. The molecule has 1 aliphatic heterocycles. The van der Waals surface area contributed by atoms with Crippen LogP contribution in [-0.4, -0.2) is 59.2 Å². The van der Waals surface area contributed by atoms with Gasteiger partial charge < -0.3 is 15.0 Å². The van der Waals surface area contributed by atoms with Crippen LogP contribution in [0, 0.1) is 0 Å². The fraction of sp³-hybridized carbons (Fsp3) is 0.840. The molecule has 0 spiro atoms. The molecule has 0 unspecified atom stereocenters. The first kappa shape index (κ1) is 26.7. The standard InChI is InChI=1S/C25H46N2O3/c1-2-3-4-5-6-7-8-9-10-11-12-13-14-15-16-17-24-26(19-18-25(29)30)20-21-27(24)22-23-28/h9-10,28H,2-8,11-23H2,1H3/b10-9-. The average molecular weight is 423 g/mol. The van der Waals surface area contributed by atoms with Gasteiger partial charge in [0, 0.05) is 18.8 Å². The van der Waals surface area contributed by atoms with Crippen molar-refractivity contribution in [2.45, 2.75) is 103 Å². The smallest absolute Gasteiger partial charge is 0.247 e. The molecule has 1 rings (SSSR count). The van der Waals surface area contributed by atoms with Gasteiger partial charge in [-0.05, 0) is 32.1 Å². The third kappa shape index (κ3) is 13.0. The van der Waals surface area contributed by atoms with Crippen LogP contribution in [0.5, 0.6) is 0 Å². The van der Waals surface area contributed by atoms with Gasteiger partial charge in [0.05, 0.1) is 13.2 Å². The first-order valence-corrected chi connectivity index (χ1v) is 12.5. The number of allylic oxidation sites excluding steroid dienone is 2. The predicted molar refractivity (Wildman–Crippen MR) is 123 cm³/mol. The van der Waals surface area contributed by atoms with Crippen LogP contribution in [0.25, 0.3) is 0 Å². The van der Waals surface area contributed by atoms with E-state index in [2.05, 4.69) is 28.6 Å². The van der Waals surface area contributed by atoms with Crippen molar-refractivity contribution in [2.24, 2.45) is 0 Å². The molecule has 1 aliphatic rings. The van der Waals surface area contributed by atoms with Gasteiger partial charge in [-0.25, -0.2) is 0 Å². The monoisotopic (exact) mass is 422 g/mol. The van der Waals surface area contributed by atoms with E-state index in [1.54, 1.807) is 0 Å². The van der Waals surface area contributed by atoms with Crippen molar-refractivity contribution in [3.63, 3.8) is 0 Å². The molecule has 0 saturated carbocycles. The molecule has 5 heteroatoms. The third-order valence-electron chi connectivity index (χ3n) is 5.99. The molecular formula is C25H46N2O3. The highest BCUT2D eigenvalue weighted by Crippen LogP contribution is 2.13. The van der Waals surface area contributed by atoms with Gasteiger partial charge in [0.2, 0.25) is 5.84 Å². The van der Waals surface area contributed by atoms with E-state index in [9.17, 15) is 15.0 Å². The molecule has 0 aromatic carbocycles. The van der Waals surface area contributed by atoms with Crippen LogP contribution in [-0.2, 0) is 4.79 Å². The van der Waals surface area contributed by atoms with E-state index in [1.807, 2.05) is 0 Å². The van der Waals surface area contributed by atoms with E-state index in [1.165, 1.54) is 82.9 Å². The second-order valence-electron chi connectivity index (χ2n) is 8.57. The Morgan fingerprint density at radius 3 is 2.20 bits per heavy atom. The Balaban J connectivity index is 2.06. The quantitative estimate of drug-likeness (QED) is 0.184. The highest BCUT2D eigenvalue weighted by molar-refractivity contribution is 5.79. The Bertz CT molecular complexity index is 503. The number of carboxylic acids is 1. The van der Waals surface area contributed by atoms with Crippen molar-refractivity contribution in [2.75, 3.05) is 32.8 Å². The maximum atomic E-state index is 10.8. The van der Waals surface area contributed by atoms with Crippen molar-refractivity contribution in [3.8, 4) is 0 Å². The Hall–Kier alpha value is -1.36. The van der Waals surface area contributed by atoms with Gasteiger partial charge in [0.25, 0.3) is 0 Å². The molecular weight excluding hydrogens is 376 g/mol. The zero-order chi connectivity index (χ0) is 21.9. The minimum absolute atomic E-state index is 0.0723. The second-order valence-corrected chi connectivity index (χ2v) is 8.57. The summed E-state index contributed by atoms with van der Waals surface area (Å²) in [7, 11) is 0. The highest BCUT2D eigenvalue weighted by atomic mass is 16.4. The van der Waals surface area contributed by atoms with Crippen LogP contribution in [0.1, 0.15) is 103 Å². The molecule has 0 fully saturated rings. The van der Waals surface area contributed by atoms with Crippen molar-refractivity contribution in [1.82, 2.24) is 4.90 Å². The Morgan fingerprint density at radius 1 is 1.00 bits per heavy atom. The van der Waals surface area contributed by atoms with Crippen LogP contribution in [0.15, 0.2) is 12.2 Å². The molecule has 5 nitrogen and oxygen atoms in total. The number of aliphatic carboxylic acids is 1. The molecule has 0 aromatic heterocycles. The van der Waals surface area contributed by atoms with E-state index in [-0.39, 0.29) is 13.0 Å². The summed E-state index contributed by atoms with van der Waals surface area (Å²) in [5, 5.41) is 20.0. The summed E-state index contributed by atoms with van der Waals surface area (Å²) in [5.41, 5.74) is 0. The lowest BCUT2D eigenvalue weighted by molar-refractivity contribution is -0.521. The third-order valence-corrected chi connectivity index (χ3v) is 5.99. The molecule has 0 saturated heterocycles. The van der Waals surface area contributed by atoms with Crippen molar-refractivity contribution in [3.05, 3.63) is 12.2 Å². The summed E-state index contributed by atoms with van der Waals surface area (Å²) in [5.74, 6) is 0.221. The van der Waals surface area contributed by atoms with Crippen molar-refractivity contribution < 1.29 is 19.6 Å². The molecule has 0 amide bonds. The van der Waals surface area contributed by atoms with Gasteiger partial charge in [-0.3, -0.25) is 9.48 Å². The summed E-state index contributed by atoms with van der Waals surface area (Å²) in [6.07, 6.45) is 22.6. The second kappa shape index (κ2) is 18.4. The van der Waals surface area contributed by atoms with E-state index in [4.69, 9.17) is 0 Å². The Morgan fingerprint density at radius 2 is 1.60 bits per heavy atom. The summed E-state index contributed by atoms with van der Waals surface area (Å²) in [4.78, 5) is 12.9. The van der Waals surface area contributed by atoms with Gasteiger partial charge in [0.15, 0.2) is 0 Å². The van der Waals surface area contributed by atoms with E-state index < -0.39 is 5.97 Å². The maximum absolute atomic E-state index is 10.8. The number of carbonyl (C=O) groups is 1. The van der Waals surface area contributed by atoms with Crippen LogP contribution in [0.3, 0.4) is 0 Å². The Kier molecular flexibility index (Phi) is 16.4. The minimum atomic E-state index is -0.990. The van der Waals surface area contributed by atoms with Crippen LogP contribution < -0.4 is 5.11 Å². The Labute approximate surface area is 184 Å². The first-order valence-electron chi connectivity index (χ1n) is 12.5. The number of carboxylic acid groups (broad SMARTS) is 1. The molecule has 0 radical (unpaired) electrons. The number of unbranched alkanes of at least 4 members (excludes halogenated alkanes) is 11.